The van der Waals surface area contributed by atoms with Crippen molar-refractivity contribution in [1.29, 1.82) is 0 Å². The van der Waals surface area contributed by atoms with Crippen LogP contribution >= 0.6 is 0 Å². The van der Waals surface area contributed by atoms with Gasteiger partial charge in [0.25, 0.3) is 0 Å². The molecular weight excluding hydrogens is 257 g/mol. The molecule has 7 heteroatoms. The van der Waals surface area contributed by atoms with Crippen molar-refractivity contribution in [2.75, 3.05) is 7.05 Å². The molecule has 0 saturated heterocycles. The Balaban J connectivity index is 2.21. The van der Waals surface area contributed by atoms with Gasteiger partial charge in [-0.15, -0.1) is 0 Å². The van der Waals surface area contributed by atoms with Crippen LogP contribution in [0, 0.1) is 0 Å². The molecule has 0 spiro atoms. The van der Waals surface area contributed by atoms with Gasteiger partial charge in [0.1, 0.15) is 0 Å². The molecule has 0 aliphatic heterocycles. The predicted octanol–water partition coefficient (Wildman–Crippen LogP) is 2.55. The first kappa shape index (κ1) is 12.0. The highest BCUT2D eigenvalue weighted by Gasteiger charge is 2.31. The Morgan fingerprint density at radius 2 is 2.16 bits per heavy atom. The molecule has 0 bridgehead atoms. The maximum absolute atomic E-state index is 12.7. The van der Waals surface area contributed by atoms with Gasteiger partial charge in [-0.05, 0) is 25.2 Å². The maximum atomic E-state index is 12.7. The van der Waals surface area contributed by atoms with Gasteiger partial charge in [-0.25, -0.2) is 4.98 Å². The van der Waals surface area contributed by atoms with Crippen LogP contribution in [0.25, 0.3) is 16.8 Å². The molecule has 0 aliphatic rings. The number of H-pyrrole nitrogens is 1. The zero-order valence-corrected chi connectivity index (χ0v) is 10.0. The van der Waals surface area contributed by atoms with Gasteiger partial charge in [-0.2, -0.15) is 13.2 Å². The highest BCUT2D eigenvalue weighted by molar-refractivity contribution is 5.80. The average Bonchev–Trinajstić information content (AvgIpc) is 2.84. The van der Waals surface area contributed by atoms with E-state index in [4.69, 9.17) is 0 Å². The van der Waals surface area contributed by atoms with E-state index in [0.29, 0.717) is 23.4 Å². The highest BCUT2D eigenvalue weighted by Crippen LogP contribution is 2.31. The summed E-state index contributed by atoms with van der Waals surface area (Å²) in [5, 5.41) is 2.97. The number of nitrogens with zero attached hydrogens (tertiary/aromatic N) is 2. The number of hydrogen-bond acceptors (Lipinski definition) is 2. The summed E-state index contributed by atoms with van der Waals surface area (Å²) in [6.07, 6.45) is -2.59. The minimum absolute atomic E-state index is 0.448. The third kappa shape index (κ3) is 1.95. The summed E-state index contributed by atoms with van der Waals surface area (Å²) in [7, 11) is 1.80. The first-order chi connectivity index (χ1) is 8.99. The molecule has 2 aromatic heterocycles. The fourth-order valence-electron chi connectivity index (χ4n) is 2.10. The van der Waals surface area contributed by atoms with Crippen molar-refractivity contribution in [1.82, 2.24) is 19.7 Å². The van der Waals surface area contributed by atoms with Gasteiger partial charge in [-0.1, -0.05) is 0 Å². The summed E-state index contributed by atoms with van der Waals surface area (Å²) in [4.78, 5) is 7.31. The number of imidazole rings is 2. The van der Waals surface area contributed by atoms with Crippen molar-refractivity contribution in [2.24, 2.45) is 0 Å². The fraction of sp³-hybridized carbons (Fsp3) is 0.250. The summed E-state index contributed by atoms with van der Waals surface area (Å²) in [5.41, 5.74) is 1.18. The molecule has 2 N–H and O–H groups in total. The van der Waals surface area contributed by atoms with E-state index >= 15 is 0 Å². The Labute approximate surface area is 106 Å². The average molecular weight is 268 g/mol. The van der Waals surface area contributed by atoms with Crippen molar-refractivity contribution < 1.29 is 13.2 Å². The molecule has 3 rings (SSSR count). The first-order valence-corrected chi connectivity index (χ1v) is 5.70. The smallest absolute Gasteiger partial charge is 0.326 e. The number of halogens is 3. The second-order valence-corrected chi connectivity index (χ2v) is 4.32. The van der Waals surface area contributed by atoms with E-state index in [1.165, 1.54) is 6.07 Å². The van der Waals surface area contributed by atoms with Gasteiger partial charge >= 0.3 is 6.18 Å². The van der Waals surface area contributed by atoms with E-state index in [1.807, 2.05) is 0 Å². The number of fused-ring (bicyclic) bond motifs is 3. The number of aromatic amines is 1. The van der Waals surface area contributed by atoms with Crippen LogP contribution in [0.2, 0.25) is 0 Å². The molecule has 19 heavy (non-hydrogen) atoms. The van der Waals surface area contributed by atoms with Gasteiger partial charge in [0.15, 0.2) is 0 Å². The Bertz CT molecular complexity index is 738. The molecular formula is C12H11F3N4. The monoisotopic (exact) mass is 268 g/mol. The number of aromatic nitrogens is 3. The zero-order chi connectivity index (χ0) is 13.6. The largest absolute Gasteiger partial charge is 0.416 e. The van der Waals surface area contributed by atoms with Crippen LogP contribution in [-0.4, -0.2) is 21.4 Å². The van der Waals surface area contributed by atoms with Crippen LogP contribution in [0.5, 0.6) is 0 Å². The Kier molecular flexibility index (Phi) is 2.53. The predicted molar refractivity (Wildman–Crippen MR) is 64.8 cm³/mol. The highest BCUT2D eigenvalue weighted by atomic mass is 19.4. The second kappa shape index (κ2) is 3.99. The van der Waals surface area contributed by atoms with Crippen molar-refractivity contribution in [3.8, 4) is 0 Å². The van der Waals surface area contributed by atoms with E-state index < -0.39 is 11.7 Å². The molecule has 0 amide bonds. The van der Waals surface area contributed by atoms with Gasteiger partial charge in [0, 0.05) is 18.4 Å². The van der Waals surface area contributed by atoms with Crippen LogP contribution in [0.4, 0.5) is 13.2 Å². The number of benzene rings is 1. The Morgan fingerprint density at radius 3 is 2.84 bits per heavy atom. The van der Waals surface area contributed by atoms with Gasteiger partial charge in [-0.3, -0.25) is 4.40 Å². The standard InChI is InChI=1S/C12H11F3N4/c1-16-5-8-6-19-10-4-7(12(13,14)15)2-3-9(10)18-11(19)17-8/h2-4,6,16H,5H2,1H3,(H,17,18). The summed E-state index contributed by atoms with van der Waals surface area (Å²) in [6.45, 7) is 0.601. The summed E-state index contributed by atoms with van der Waals surface area (Å²) in [5.74, 6) is 0.541. The lowest BCUT2D eigenvalue weighted by Gasteiger charge is -2.05. The quantitative estimate of drug-likeness (QED) is 0.750. The number of nitrogens with one attached hydrogen (secondary N) is 2. The van der Waals surface area contributed by atoms with Crippen LogP contribution < -0.4 is 5.32 Å². The summed E-state index contributed by atoms with van der Waals surface area (Å²) >= 11 is 0. The molecule has 0 fully saturated rings. The second-order valence-electron chi connectivity index (χ2n) is 4.32. The lowest BCUT2D eigenvalue weighted by atomic mass is 10.2. The molecule has 0 unspecified atom stereocenters. The van der Waals surface area contributed by atoms with E-state index in [0.717, 1.165) is 17.8 Å². The Morgan fingerprint density at radius 1 is 1.37 bits per heavy atom. The molecule has 0 radical (unpaired) electrons. The van der Waals surface area contributed by atoms with Crippen LogP contribution in [0.1, 0.15) is 11.3 Å². The van der Waals surface area contributed by atoms with E-state index in [2.05, 4.69) is 15.3 Å². The molecule has 0 saturated carbocycles. The summed E-state index contributed by atoms with van der Waals surface area (Å²) < 4.78 is 39.7. The van der Waals surface area contributed by atoms with Crippen molar-refractivity contribution in [2.45, 2.75) is 12.7 Å². The Hall–Kier alpha value is -2.02. The minimum atomic E-state index is -4.34. The van der Waals surface area contributed by atoms with Gasteiger partial charge in [0.2, 0.25) is 5.78 Å². The normalized spacial score (nSPS) is 12.6. The topological polar surface area (TPSA) is 45.1 Å². The molecule has 0 atom stereocenters. The lowest BCUT2D eigenvalue weighted by molar-refractivity contribution is -0.137. The third-order valence-electron chi connectivity index (χ3n) is 2.94. The van der Waals surface area contributed by atoms with Gasteiger partial charge in [0.05, 0.1) is 16.6 Å². The zero-order valence-electron chi connectivity index (χ0n) is 10.0. The van der Waals surface area contributed by atoms with Crippen molar-refractivity contribution in [3.63, 3.8) is 0 Å². The maximum Gasteiger partial charge on any atom is 0.416 e. The number of alkyl halides is 3. The van der Waals surface area contributed by atoms with E-state index in [9.17, 15) is 13.2 Å². The number of rotatable bonds is 2. The van der Waals surface area contributed by atoms with E-state index in [1.54, 1.807) is 17.6 Å². The van der Waals surface area contributed by atoms with Gasteiger partial charge < -0.3 is 10.3 Å². The van der Waals surface area contributed by atoms with Crippen LogP contribution in [-0.2, 0) is 12.7 Å². The minimum Gasteiger partial charge on any atom is -0.326 e. The summed E-state index contributed by atoms with van der Waals surface area (Å²) in [6, 6.07) is 3.55. The SMILES string of the molecule is CNCc1cn2c(nc3ccc(C(F)(F)F)cc32)[nH]1. The first-order valence-electron chi connectivity index (χ1n) is 5.70. The van der Waals surface area contributed by atoms with Crippen molar-refractivity contribution in [3.05, 3.63) is 35.7 Å². The molecule has 4 nitrogen and oxygen atoms in total. The lowest BCUT2D eigenvalue weighted by Crippen LogP contribution is -2.05. The third-order valence-corrected chi connectivity index (χ3v) is 2.94. The molecule has 1 aromatic carbocycles. The van der Waals surface area contributed by atoms with Crippen LogP contribution in [0.3, 0.4) is 0 Å². The fourth-order valence-corrected chi connectivity index (χ4v) is 2.10. The number of hydrogen-bond donors (Lipinski definition) is 2. The molecule has 100 valence electrons. The van der Waals surface area contributed by atoms with Crippen LogP contribution in [0.15, 0.2) is 24.4 Å². The molecule has 2 heterocycles. The van der Waals surface area contributed by atoms with E-state index in [-0.39, 0.29) is 0 Å². The molecule has 3 aromatic rings. The van der Waals surface area contributed by atoms with Crippen molar-refractivity contribution >= 4 is 16.8 Å². The molecule has 0 aliphatic carbocycles.